The molecule has 0 saturated carbocycles. The Morgan fingerprint density at radius 1 is 0.950 bits per heavy atom. The Labute approximate surface area is 120 Å². The van der Waals surface area contributed by atoms with Gasteiger partial charge in [-0.3, -0.25) is 0 Å². The fourth-order valence-corrected chi connectivity index (χ4v) is 4.99. The second-order valence-electron chi connectivity index (χ2n) is 5.63. The van der Waals surface area contributed by atoms with Gasteiger partial charge in [-0.05, 0) is 43.5 Å². The van der Waals surface area contributed by atoms with Crippen LogP contribution in [0, 0.1) is 13.8 Å². The molecule has 0 aliphatic carbocycles. The summed E-state index contributed by atoms with van der Waals surface area (Å²) < 4.78 is 25.1. The van der Waals surface area contributed by atoms with Crippen molar-refractivity contribution in [1.29, 1.82) is 0 Å². The summed E-state index contributed by atoms with van der Waals surface area (Å²) in [7, 11) is -3.21. The van der Waals surface area contributed by atoms with Crippen LogP contribution >= 0.6 is 0 Å². The van der Waals surface area contributed by atoms with Crippen molar-refractivity contribution in [3.63, 3.8) is 0 Å². The Bertz CT molecular complexity index is 775. The summed E-state index contributed by atoms with van der Waals surface area (Å²) in [5, 5.41) is -0.402. The summed E-state index contributed by atoms with van der Waals surface area (Å²) >= 11 is 0. The second-order valence-corrected chi connectivity index (χ2v) is 7.90. The average Bonchev–Trinajstić information content (AvgIpc) is 2.62. The van der Waals surface area contributed by atoms with Crippen LogP contribution in [0.2, 0.25) is 0 Å². The Morgan fingerprint density at radius 3 is 2.40 bits per heavy atom. The molecule has 0 amide bonds. The molecule has 1 aliphatic rings. The van der Waals surface area contributed by atoms with Gasteiger partial charge in [0, 0.05) is 5.92 Å². The minimum atomic E-state index is -3.21. The Hall–Kier alpha value is -1.61. The zero-order chi connectivity index (χ0) is 14.5. The zero-order valence-electron chi connectivity index (χ0n) is 11.9. The summed E-state index contributed by atoms with van der Waals surface area (Å²) in [5.41, 5.74) is 4.39. The highest BCUT2D eigenvalue weighted by molar-refractivity contribution is 7.92. The van der Waals surface area contributed by atoms with Crippen molar-refractivity contribution in [1.82, 2.24) is 0 Å². The summed E-state index contributed by atoms with van der Waals surface area (Å²) in [6.07, 6.45) is 0. The predicted molar refractivity (Wildman–Crippen MR) is 80.8 cm³/mol. The van der Waals surface area contributed by atoms with Crippen molar-refractivity contribution < 1.29 is 8.42 Å². The maximum absolute atomic E-state index is 12.6. The number of aryl methyl sites for hydroxylation is 2. The number of fused-ring (bicyclic) bond motifs is 1. The van der Waals surface area contributed by atoms with Crippen molar-refractivity contribution in [2.75, 3.05) is 0 Å². The summed E-state index contributed by atoms with van der Waals surface area (Å²) in [6.45, 7) is 5.92. The van der Waals surface area contributed by atoms with E-state index in [1.54, 1.807) is 12.1 Å². The lowest BCUT2D eigenvalue weighted by atomic mass is 9.86. The summed E-state index contributed by atoms with van der Waals surface area (Å²) in [5.74, 6) is -0.0592. The molecule has 0 aromatic heterocycles. The molecule has 104 valence electrons. The van der Waals surface area contributed by atoms with Crippen LogP contribution in [-0.4, -0.2) is 13.7 Å². The second kappa shape index (κ2) is 4.45. The van der Waals surface area contributed by atoms with Gasteiger partial charge in [0.05, 0.1) is 10.1 Å². The minimum absolute atomic E-state index is 0.0592. The van der Waals surface area contributed by atoms with Gasteiger partial charge in [-0.1, -0.05) is 42.0 Å². The van der Waals surface area contributed by atoms with Crippen LogP contribution in [0.1, 0.15) is 35.1 Å². The van der Waals surface area contributed by atoms with Crippen molar-refractivity contribution in [3.05, 3.63) is 64.7 Å². The van der Waals surface area contributed by atoms with Crippen LogP contribution in [0.4, 0.5) is 0 Å². The molecule has 1 aliphatic heterocycles. The number of hydrogen-bond donors (Lipinski definition) is 0. The number of rotatable bonds is 1. The third kappa shape index (κ3) is 1.80. The molecule has 2 nitrogen and oxygen atoms in total. The third-order valence-corrected chi connectivity index (χ3v) is 6.53. The van der Waals surface area contributed by atoms with Crippen molar-refractivity contribution in [3.8, 4) is 0 Å². The third-order valence-electron chi connectivity index (χ3n) is 4.29. The first-order valence-corrected chi connectivity index (χ1v) is 8.37. The molecule has 0 fully saturated rings. The fourth-order valence-electron chi connectivity index (χ4n) is 3.14. The number of benzene rings is 2. The zero-order valence-corrected chi connectivity index (χ0v) is 12.7. The monoisotopic (exact) mass is 286 g/mol. The molecule has 2 aromatic rings. The highest BCUT2D eigenvalue weighted by Crippen LogP contribution is 2.45. The van der Waals surface area contributed by atoms with E-state index in [0.29, 0.717) is 4.90 Å². The lowest BCUT2D eigenvalue weighted by Gasteiger charge is -2.19. The smallest absolute Gasteiger partial charge is 0.182 e. The standard InChI is InChI=1S/C17H18O2S/c1-11-8-9-12(2)15(10-11)17-13(3)20(18,19)16-7-5-4-6-14(16)17/h4-10,13,17H,1-3H3. The van der Waals surface area contributed by atoms with Gasteiger partial charge in [0.15, 0.2) is 9.84 Å². The highest BCUT2D eigenvalue weighted by atomic mass is 32.2. The van der Waals surface area contributed by atoms with Gasteiger partial charge < -0.3 is 0 Å². The molecule has 0 saturated heterocycles. The molecule has 2 aromatic carbocycles. The van der Waals surface area contributed by atoms with E-state index in [-0.39, 0.29) is 5.92 Å². The molecule has 2 unspecified atom stereocenters. The van der Waals surface area contributed by atoms with Crippen LogP contribution in [0.5, 0.6) is 0 Å². The SMILES string of the molecule is Cc1ccc(C)c(C2c3ccccc3S(=O)(=O)C2C)c1. The fraction of sp³-hybridized carbons (Fsp3) is 0.294. The van der Waals surface area contributed by atoms with Crippen LogP contribution in [0.25, 0.3) is 0 Å². The molecule has 0 radical (unpaired) electrons. The Kier molecular flexibility index (Phi) is 2.98. The topological polar surface area (TPSA) is 34.1 Å². The van der Waals surface area contributed by atoms with Gasteiger partial charge in [0.1, 0.15) is 0 Å². The first kappa shape index (κ1) is 13.4. The van der Waals surface area contributed by atoms with E-state index < -0.39 is 15.1 Å². The van der Waals surface area contributed by atoms with Gasteiger partial charge in [-0.2, -0.15) is 0 Å². The molecular weight excluding hydrogens is 268 g/mol. The number of hydrogen-bond acceptors (Lipinski definition) is 2. The van der Waals surface area contributed by atoms with Crippen molar-refractivity contribution >= 4 is 9.84 Å². The van der Waals surface area contributed by atoms with Gasteiger partial charge in [-0.25, -0.2) is 8.42 Å². The molecule has 3 heteroatoms. The van der Waals surface area contributed by atoms with E-state index in [1.807, 2.05) is 26.0 Å². The van der Waals surface area contributed by atoms with E-state index in [0.717, 1.165) is 16.7 Å². The van der Waals surface area contributed by atoms with Gasteiger partial charge in [-0.15, -0.1) is 0 Å². The molecule has 0 N–H and O–H groups in total. The molecule has 0 bridgehead atoms. The lowest BCUT2D eigenvalue weighted by Crippen LogP contribution is -2.18. The average molecular weight is 286 g/mol. The van der Waals surface area contributed by atoms with Crippen LogP contribution in [0.15, 0.2) is 47.4 Å². The number of sulfone groups is 1. The first-order chi connectivity index (χ1) is 9.43. The maximum atomic E-state index is 12.6. The van der Waals surface area contributed by atoms with Gasteiger partial charge >= 0.3 is 0 Å². The van der Waals surface area contributed by atoms with Gasteiger partial charge in [0.25, 0.3) is 0 Å². The molecule has 1 heterocycles. The van der Waals surface area contributed by atoms with Crippen LogP contribution in [-0.2, 0) is 9.84 Å². The van der Waals surface area contributed by atoms with E-state index in [4.69, 9.17) is 0 Å². The molecular formula is C17H18O2S. The Morgan fingerprint density at radius 2 is 1.65 bits per heavy atom. The normalized spacial score (nSPS) is 23.6. The van der Waals surface area contributed by atoms with E-state index >= 15 is 0 Å². The first-order valence-electron chi connectivity index (χ1n) is 6.83. The van der Waals surface area contributed by atoms with E-state index in [2.05, 4.69) is 25.1 Å². The van der Waals surface area contributed by atoms with Crippen molar-refractivity contribution in [2.45, 2.75) is 36.8 Å². The van der Waals surface area contributed by atoms with Crippen LogP contribution < -0.4 is 0 Å². The molecule has 2 atom stereocenters. The van der Waals surface area contributed by atoms with Gasteiger partial charge in [0.2, 0.25) is 0 Å². The molecule has 20 heavy (non-hydrogen) atoms. The maximum Gasteiger partial charge on any atom is 0.182 e. The highest BCUT2D eigenvalue weighted by Gasteiger charge is 2.42. The minimum Gasteiger partial charge on any atom is -0.223 e. The molecule has 0 spiro atoms. The predicted octanol–water partition coefficient (Wildman–Crippen LogP) is 3.61. The van der Waals surface area contributed by atoms with Crippen LogP contribution in [0.3, 0.4) is 0 Å². The quantitative estimate of drug-likeness (QED) is 0.802. The largest absolute Gasteiger partial charge is 0.223 e. The lowest BCUT2D eigenvalue weighted by molar-refractivity contribution is 0.586. The summed E-state index contributed by atoms with van der Waals surface area (Å²) in [4.78, 5) is 0.499. The summed E-state index contributed by atoms with van der Waals surface area (Å²) in [6, 6.07) is 13.7. The van der Waals surface area contributed by atoms with E-state index in [9.17, 15) is 8.42 Å². The Balaban J connectivity index is 2.28. The van der Waals surface area contributed by atoms with Crippen molar-refractivity contribution in [2.24, 2.45) is 0 Å². The molecule has 3 rings (SSSR count). The van der Waals surface area contributed by atoms with E-state index in [1.165, 1.54) is 5.56 Å².